The van der Waals surface area contributed by atoms with Gasteiger partial charge in [0.05, 0.1) is 5.56 Å². The predicted octanol–water partition coefficient (Wildman–Crippen LogP) is 3.80. The second-order valence-corrected chi connectivity index (χ2v) is 5.11. The number of anilines is 1. The van der Waals surface area contributed by atoms with Gasteiger partial charge in [0.2, 0.25) is 0 Å². The van der Waals surface area contributed by atoms with Crippen molar-refractivity contribution in [2.24, 2.45) is 0 Å². The molecule has 0 aliphatic carbocycles. The van der Waals surface area contributed by atoms with Crippen molar-refractivity contribution < 1.29 is 23.1 Å². The summed E-state index contributed by atoms with van der Waals surface area (Å²) in [7, 11) is 0. The Kier molecular flexibility index (Phi) is 5.28. The fraction of sp³-hybridized carbons (Fsp3) is 0.125. The van der Waals surface area contributed by atoms with E-state index in [1.807, 2.05) is 0 Å². The van der Waals surface area contributed by atoms with E-state index in [1.165, 1.54) is 31.2 Å². The number of benzene rings is 2. The summed E-state index contributed by atoms with van der Waals surface area (Å²) < 4.78 is 31.5. The van der Waals surface area contributed by atoms with Crippen LogP contribution >= 0.6 is 11.6 Å². The van der Waals surface area contributed by atoms with Crippen LogP contribution in [-0.4, -0.2) is 18.0 Å². The molecule has 1 N–H and O–H groups in total. The van der Waals surface area contributed by atoms with Crippen LogP contribution in [0.15, 0.2) is 42.5 Å². The van der Waals surface area contributed by atoms with Crippen LogP contribution in [0.1, 0.15) is 17.3 Å². The number of rotatable bonds is 4. The van der Waals surface area contributed by atoms with Crippen LogP contribution in [0.3, 0.4) is 0 Å². The summed E-state index contributed by atoms with van der Waals surface area (Å²) in [6.45, 7) is 1.32. The molecule has 23 heavy (non-hydrogen) atoms. The third kappa shape index (κ3) is 4.50. The lowest BCUT2D eigenvalue weighted by molar-refractivity contribution is -0.123. The number of hydrogen-bond donors (Lipinski definition) is 1. The first-order valence-electron chi connectivity index (χ1n) is 6.59. The van der Waals surface area contributed by atoms with Gasteiger partial charge in [-0.25, -0.2) is 13.6 Å². The van der Waals surface area contributed by atoms with Crippen LogP contribution in [0.4, 0.5) is 14.5 Å². The minimum atomic E-state index is -1.19. The molecular formula is C16H12ClF2NO3. The number of carbonyl (C=O) groups is 2. The lowest BCUT2D eigenvalue weighted by Crippen LogP contribution is -2.30. The van der Waals surface area contributed by atoms with Gasteiger partial charge in [0.1, 0.15) is 11.6 Å². The van der Waals surface area contributed by atoms with Gasteiger partial charge < -0.3 is 10.1 Å². The molecule has 1 amide bonds. The molecule has 0 aromatic heterocycles. The molecular weight excluding hydrogens is 328 g/mol. The van der Waals surface area contributed by atoms with Crippen LogP contribution < -0.4 is 5.32 Å². The SMILES string of the molecule is C[C@H](OC(=O)c1ccc(Cl)cc1F)C(=O)Nc1cccc(F)c1. The lowest BCUT2D eigenvalue weighted by atomic mass is 10.2. The van der Waals surface area contributed by atoms with E-state index in [9.17, 15) is 18.4 Å². The summed E-state index contributed by atoms with van der Waals surface area (Å²) >= 11 is 5.59. The van der Waals surface area contributed by atoms with Gasteiger partial charge in [0.25, 0.3) is 5.91 Å². The first-order valence-corrected chi connectivity index (χ1v) is 6.97. The highest BCUT2D eigenvalue weighted by molar-refractivity contribution is 6.30. The molecule has 120 valence electrons. The van der Waals surface area contributed by atoms with Gasteiger partial charge >= 0.3 is 5.97 Å². The highest BCUT2D eigenvalue weighted by Gasteiger charge is 2.21. The van der Waals surface area contributed by atoms with Gasteiger partial charge in [-0.15, -0.1) is 0 Å². The molecule has 0 spiro atoms. The Morgan fingerprint density at radius 1 is 1.17 bits per heavy atom. The molecule has 0 bridgehead atoms. The monoisotopic (exact) mass is 339 g/mol. The van der Waals surface area contributed by atoms with Crippen LogP contribution in [0.2, 0.25) is 5.02 Å². The molecule has 4 nitrogen and oxygen atoms in total. The largest absolute Gasteiger partial charge is 0.449 e. The van der Waals surface area contributed by atoms with E-state index in [4.69, 9.17) is 16.3 Å². The summed E-state index contributed by atoms with van der Waals surface area (Å²) in [5.41, 5.74) is -0.115. The minimum Gasteiger partial charge on any atom is -0.449 e. The highest BCUT2D eigenvalue weighted by atomic mass is 35.5. The average molecular weight is 340 g/mol. The van der Waals surface area contributed by atoms with Crippen LogP contribution in [-0.2, 0) is 9.53 Å². The minimum absolute atomic E-state index is 0.135. The van der Waals surface area contributed by atoms with E-state index in [-0.39, 0.29) is 16.3 Å². The standard InChI is InChI=1S/C16H12ClF2NO3/c1-9(15(21)20-12-4-2-3-11(18)8-12)23-16(22)13-6-5-10(17)7-14(13)19/h2-9H,1H3,(H,20,21)/t9-/m0/s1. The number of esters is 1. The Bertz CT molecular complexity index is 752. The van der Waals surface area contributed by atoms with Crippen molar-refractivity contribution in [3.63, 3.8) is 0 Å². The molecule has 1 atom stereocenters. The molecule has 0 fully saturated rings. The van der Waals surface area contributed by atoms with Crippen molar-refractivity contribution in [1.82, 2.24) is 0 Å². The van der Waals surface area contributed by atoms with Crippen LogP contribution in [0.5, 0.6) is 0 Å². The molecule has 2 aromatic carbocycles. The van der Waals surface area contributed by atoms with Crippen molar-refractivity contribution in [3.8, 4) is 0 Å². The second kappa shape index (κ2) is 7.19. The highest BCUT2D eigenvalue weighted by Crippen LogP contribution is 2.16. The number of halogens is 3. The Balaban J connectivity index is 2.01. The van der Waals surface area contributed by atoms with Gasteiger partial charge in [-0.1, -0.05) is 17.7 Å². The Hall–Kier alpha value is -2.47. The molecule has 0 aliphatic rings. The van der Waals surface area contributed by atoms with Crippen molar-refractivity contribution in [1.29, 1.82) is 0 Å². The molecule has 7 heteroatoms. The number of hydrogen-bond acceptors (Lipinski definition) is 3. The van der Waals surface area contributed by atoms with Gasteiger partial charge in [-0.05, 0) is 43.3 Å². The number of amides is 1. The summed E-state index contributed by atoms with van der Waals surface area (Å²) in [5, 5.41) is 2.53. The zero-order chi connectivity index (χ0) is 17.0. The van der Waals surface area contributed by atoms with E-state index in [0.29, 0.717) is 0 Å². The fourth-order valence-corrected chi connectivity index (χ4v) is 1.90. The van der Waals surface area contributed by atoms with E-state index in [2.05, 4.69) is 5.32 Å². The zero-order valence-electron chi connectivity index (χ0n) is 12.0. The quantitative estimate of drug-likeness (QED) is 0.862. The molecule has 0 saturated heterocycles. The number of ether oxygens (including phenoxy) is 1. The summed E-state index contributed by atoms with van der Waals surface area (Å²) in [6, 6.07) is 8.71. The molecule has 0 heterocycles. The maximum atomic E-state index is 13.6. The third-order valence-electron chi connectivity index (χ3n) is 2.90. The van der Waals surface area contributed by atoms with Crippen molar-refractivity contribution in [2.75, 3.05) is 5.32 Å². The Morgan fingerprint density at radius 2 is 1.91 bits per heavy atom. The third-order valence-corrected chi connectivity index (χ3v) is 3.13. The second-order valence-electron chi connectivity index (χ2n) is 4.67. The first-order chi connectivity index (χ1) is 10.9. The lowest BCUT2D eigenvalue weighted by Gasteiger charge is -2.14. The summed E-state index contributed by atoms with van der Waals surface area (Å²) in [4.78, 5) is 23.8. The maximum Gasteiger partial charge on any atom is 0.341 e. The van der Waals surface area contributed by atoms with E-state index in [1.54, 1.807) is 0 Å². The fourth-order valence-electron chi connectivity index (χ4n) is 1.74. The van der Waals surface area contributed by atoms with Crippen LogP contribution in [0.25, 0.3) is 0 Å². The Labute approximate surface area is 136 Å². The predicted molar refractivity (Wildman–Crippen MR) is 81.3 cm³/mol. The number of carbonyl (C=O) groups excluding carboxylic acids is 2. The topological polar surface area (TPSA) is 55.4 Å². The zero-order valence-corrected chi connectivity index (χ0v) is 12.7. The van der Waals surface area contributed by atoms with Crippen molar-refractivity contribution in [3.05, 3.63) is 64.7 Å². The molecule has 0 unspecified atom stereocenters. The smallest absolute Gasteiger partial charge is 0.341 e. The van der Waals surface area contributed by atoms with Gasteiger partial charge in [-0.3, -0.25) is 4.79 Å². The van der Waals surface area contributed by atoms with E-state index < -0.39 is 29.6 Å². The van der Waals surface area contributed by atoms with E-state index in [0.717, 1.165) is 18.2 Å². The van der Waals surface area contributed by atoms with Crippen molar-refractivity contribution in [2.45, 2.75) is 13.0 Å². The van der Waals surface area contributed by atoms with Crippen molar-refractivity contribution >= 4 is 29.2 Å². The molecule has 0 radical (unpaired) electrons. The Morgan fingerprint density at radius 3 is 2.57 bits per heavy atom. The van der Waals surface area contributed by atoms with Gasteiger partial charge in [0.15, 0.2) is 6.10 Å². The molecule has 0 aliphatic heterocycles. The normalized spacial score (nSPS) is 11.7. The summed E-state index contributed by atoms with van der Waals surface area (Å²) in [5.74, 6) is -3.03. The van der Waals surface area contributed by atoms with Gasteiger partial charge in [-0.2, -0.15) is 0 Å². The maximum absolute atomic E-state index is 13.6. The molecule has 2 rings (SSSR count). The average Bonchev–Trinajstić information content (AvgIpc) is 2.46. The molecule has 0 saturated carbocycles. The van der Waals surface area contributed by atoms with Crippen LogP contribution in [0, 0.1) is 11.6 Å². The first kappa shape index (κ1) is 16.9. The number of nitrogens with one attached hydrogen (secondary N) is 1. The molecule has 2 aromatic rings. The summed E-state index contributed by atoms with van der Waals surface area (Å²) in [6.07, 6.45) is -1.19. The van der Waals surface area contributed by atoms with Gasteiger partial charge in [0, 0.05) is 10.7 Å². The van der Waals surface area contributed by atoms with E-state index >= 15 is 0 Å².